The lowest BCUT2D eigenvalue weighted by Crippen LogP contribution is -2.37. The lowest BCUT2D eigenvalue weighted by molar-refractivity contribution is -0.137. The van der Waals surface area contributed by atoms with Crippen LogP contribution in [-0.4, -0.2) is 54.6 Å². The normalized spacial score (nSPS) is 16.7. The Kier molecular flexibility index (Phi) is 7.06. The molecule has 31 heavy (non-hydrogen) atoms. The van der Waals surface area contributed by atoms with Gasteiger partial charge < -0.3 is 25.0 Å². The summed E-state index contributed by atoms with van der Waals surface area (Å²) in [6, 6.07) is 3.20. The maximum absolute atomic E-state index is 13.2. The van der Waals surface area contributed by atoms with Gasteiger partial charge in [-0.3, -0.25) is 4.79 Å². The summed E-state index contributed by atoms with van der Waals surface area (Å²) in [5.74, 6) is 0.0296. The second-order valence-corrected chi connectivity index (χ2v) is 7.05. The van der Waals surface area contributed by atoms with Gasteiger partial charge in [0.25, 0.3) is 0 Å². The summed E-state index contributed by atoms with van der Waals surface area (Å²) in [6.07, 6.45) is -3.56. The third kappa shape index (κ3) is 5.28. The van der Waals surface area contributed by atoms with Gasteiger partial charge in [0, 0.05) is 30.9 Å². The molecule has 0 saturated carbocycles. The Hall–Kier alpha value is -2.79. The maximum atomic E-state index is 13.2. The number of hydrogen-bond acceptors (Lipinski definition) is 7. The van der Waals surface area contributed by atoms with Gasteiger partial charge in [0.2, 0.25) is 12.4 Å². The van der Waals surface area contributed by atoms with Gasteiger partial charge >= 0.3 is 6.18 Å². The number of nitrogens with one attached hydrogen (secondary N) is 2. The summed E-state index contributed by atoms with van der Waals surface area (Å²) < 4.78 is 50.6. The van der Waals surface area contributed by atoms with Crippen molar-refractivity contribution in [2.24, 2.45) is 0 Å². The molecule has 1 amide bonds. The van der Waals surface area contributed by atoms with Crippen molar-refractivity contribution in [2.75, 3.05) is 44.0 Å². The molecule has 0 spiro atoms. The number of carbonyl (C=O) groups is 1. The Morgan fingerprint density at radius 1 is 1.42 bits per heavy atom. The summed E-state index contributed by atoms with van der Waals surface area (Å²) in [5.41, 5.74) is 0.0203. The van der Waals surface area contributed by atoms with E-state index in [1.807, 2.05) is 0 Å². The summed E-state index contributed by atoms with van der Waals surface area (Å²) in [4.78, 5) is 20.4. The first-order chi connectivity index (χ1) is 14.8. The molecule has 1 aliphatic rings. The molecular weight excluding hydrogens is 439 g/mol. The number of carbonyl (C=O) groups excluding carboxylic acids is 1. The summed E-state index contributed by atoms with van der Waals surface area (Å²) in [6.45, 7) is 3.12. The van der Waals surface area contributed by atoms with Crippen molar-refractivity contribution in [2.45, 2.75) is 19.2 Å². The van der Waals surface area contributed by atoms with E-state index in [0.717, 1.165) is 6.41 Å². The molecule has 2 heterocycles. The van der Waals surface area contributed by atoms with Crippen LogP contribution < -0.4 is 15.4 Å². The topological polar surface area (TPSA) is 88.6 Å². The van der Waals surface area contributed by atoms with E-state index in [4.69, 9.17) is 21.1 Å². The molecule has 2 N–H and O–H groups in total. The number of morpholine rings is 1. The van der Waals surface area contributed by atoms with Crippen LogP contribution in [0.5, 0.6) is 5.75 Å². The van der Waals surface area contributed by atoms with E-state index in [1.165, 1.54) is 7.11 Å². The maximum Gasteiger partial charge on any atom is 0.421 e. The smallest absolute Gasteiger partial charge is 0.421 e. The SMILES string of the molecule is CCNc1nc(Nc2cc(OC)c(C3CN(C=O)CCO3)cc2Cl)ncc1C(F)(F)F. The standard InChI is InChI=1S/C19H21ClF3N5O3/c1-3-24-17-12(19(21,22)23)8-25-18(27-17)26-14-7-15(30-2)11(6-13(14)20)16-9-28(10-29)4-5-31-16/h6-8,10,16H,3-5,9H2,1-2H3,(H2,24,25,26,27). The van der Waals surface area contributed by atoms with Crippen molar-refractivity contribution in [1.82, 2.24) is 14.9 Å². The zero-order chi connectivity index (χ0) is 22.6. The number of alkyl halides is 3. The molecule has 0 aliphatic carbocycles. The minimum atomic E-state index is -4.59. The number of halogens is 4. The second-order valence-electron chi connectivity index (χ2n) is 6.64. The highest BCUT2D eigenvalue weighted by molar-refractivity contribution is 6.33. The van der Waals surface area contributed by atoms with E-state index in [0.29, 0.717) is 42.9 Å². The van der Waals surface area contributed by atoms with E-state index in [2.05, 4.69) is 20.6 Å². The van der Waals surface area contributed by atoms with Gasteiger partial charge in [0.15, 0.2) is 0 Å². The fourth-order valence-corrected chi connectivity index (χ4v) is 3.34. The molecule has 3 rings (SSSR count). The largest absolute Gasteiger partial charge is 0.496 e. The number of benzene rings is 1. The molecular formula is C19H21ClF3N5O3. The highest BCUT2D eigenvalue weighted by Gasteiger charge is 2.35. The highest BCUT2D eigenvalue weighted by atomic mass is 35.5. The lowest BCUT2D eigenvalue weighted by atomic mass is 10.1. The summed E-state index contributed by atoms with van der Waals surface area (Å²) in [7, 11) is 1.47. The van der Waals surface area contributed by atoms with Gasteiger partial charge in [0.05, 0.1) is 31.0 Å². The van der Waals surface area contributed by atoms with Crippen molar-refractivity contribution in [3.05, 3.63) is 34.5 Å². The fraction of sp³-hybridized carbons (Fsp3) is 0.421. The van der Waals surface area contributed by atoms with E-state index in [9.17, 15) is 18.0 Å². The molecule has 1 aromatic carbocycles. The quantitative estimate of drug-likeness (QED) is 0.608. The van der Waals surface area contributed by atoms with Gasteiger partial charge in [-0.25, -0.2) is 4.98 Å². The Morgan fingerprint density at radius 2 is 2.19 bits per heavy atom. The Morgan fingerprint density at radius 3 is 2.84 bits per heavy atom. The zero-order valence-electron chi connectivity index (χ0n) is 16.8. The number of anilines is 3. The number of rotatable bonds is 7. The van der Waals surface area contributed by atoms with E-state index < -0.39 is 17.8 Å². The number of amides is 1. The van der Waals surface area contributed by atoms with Crippen molar-refractivity contribution in [1.29, 1.82) is 0 Å². The third-order valence-corrected chi connectivity index (χ3v) is 4.91. The molecule has 0 bridgehead atoms. The van der Waals surface area contributed by atoms with Crippen molar-refractivity contribution < 1.29 is 27.4 Å². The van der Waals surface area contributed by atoms with Crippen LogP contribution in [0.3, 0.4) is 0 Å². The van der Waals surface area contributed by atoms with Crippen molar-refractivity contribution in [3.63, 3.8) is 0 Å². The van der Waals surface area contributed by atoms with Crippen molar-refractivity contribution >= 4 is 35.5 Å². The van der Waals surface area contributed by atoms with E-state index in [1.54, 1.807) is 24.0 Å². The molecule has 1 atom stereocenters. The predicted octanol–water partition coefficient (Wildman–Crippen LogP) is 3.86. The molecule has 8 nitrogen and oxygen atoms in total. The van der Waals surface area contributed by atoms with Crippen LogP contribution in [0, 0.1) is 0 Å². The first-order valence-electron chi connectivity index (χ1n) is 9.40. The van der Waals surface area contributed by atoms with Gasteiger partial charge in [-0.05, 0) is 13.0 Å². The average molecular weight is 460 g/mol. The molecule has 1 aliphatic heterocycles. The summed E-state index contributed by atoms with van der Waals surface area (Å²) in [5, 5.41) is 5.68. The molecule has 1 unspecified atom stereocenters. The lowest BCUT2D eigenvalue weighted by Gasteiger charge is -2.31. The van der Waals surface area contributed by atoms with Gasteiger partial charge in [-0.15, -0.1) is 0 Å². The number of aromatic nitrogens is 2. The van der Waals surface area contributed by atoms with Crippen LogP contribution >= 0.6 is 11.6 Å². The van der Waals surface area contributed by atoms with Crippen LogP contribution in [0.15, 0.2) is 18.3 Å². The Balaban J connectivity index is 1.90. The minimum Gasteiger partial charge on any atom is -0.496 e. The second kappa shape index (κ2) is 9.56. The highest BCUT2D eigenvalue weighted by Crippen LogP contribution is 2.38. The molecule has 1 aromatic heterocycles. The number of hydrogen-bond donors (Lipinski definition) is 2. The molecule has 168 valence electrons. The van der Waals surface area contributed by atoms with Crippen LogP contribution in [0.4, 0.5) is 30.6 Å². The van der Waals surface area contributed by atoms with E-state index in [-0.39, 0.29) is 23.3 Å². The Bertz CT molecular complexity index is 945. The fourth-order valence-electron chi connectivity index (χ4n) is 3.12. The van der Waals surface area contributed by atoms with E-state index >= 15 is 0 Å². The molecule has 12 heteroatoms. The van der Waals surface area contributed by atoms with Gasteiger partial charge in [-0.1, -0.05) is 11.6 Å². The van der Waals surface area contributed by atoms with Gasteiger partial charge in [-0.2, -0.15) is 18.2 Å². The van der Waals surface area contributed by atoms with Crippen LogP contribution in [-0.2, 0) is 15.7 Å². The zero-order valence-corrected chi connectivity index (χ0v) is 17.5. The number of methoxy groups -OCH3 is 1. The monoisotopic (exact) mass is 459 g/mol. The Labute approximate surface area is 181 Å². The summed E-state index contributed by atoms with van der Waals surface area (Å²) >= 11 is 6.39. The number of nitrogens with zero attached hydrogens (tertiary/aromatic N) is 3. The first kappa shape index (κ1) is 22.9. The molecule has 1 saturated heterocycles. The molecule has 0 radical (unpaired) electrons. The molecule has 2 aromatic rings. The number of ether oxygens (including phenoxy) is 2. The minimum absolute atomic E-state index is 0.0679. The van der Waals surface area contributed by atoms with Gasteiger partial charge in [0.1, 0.15) is 23.2 Å². The van der Waals surface area contributed by atoms with Crippen molar-refractivity contribution in [3.8, 4) is 5.75 Å². The average Bonchev–Trinajstić information content (AvgIpc) is 2.74. The van der Waals surface area contributed by atoms with Crippen LogP contribution in [0.25, 0.3) is 0 Å². The van der Waals surface area contributed by atoms with Crippen LogP contribution in [0.1, 0.15) is 24.2 Å². The first-order valence-corrected chi connectivity index (χ1v) is 9.78. The van der Waals surface area contributed by atoms with Crippen LogP contribution in [0.2, 0.25) is 5.02 Å². The molecule has 1 fully saturated rings. The third-order valence-electron chi connectivity index (χ3n) is 4.60. The predicted molar refractivity (Wildman–Crippen MR) is 109 cm³/mol.